The van der Waals surface area contributed by atoms with Crippen molar-refractivity contribution < 1.29 is 9.47 Å². The molecule has 0 fully saturated rings. The molecule has 4 nitrogen and oxygen atoms in total. The van der Waals surface area contributed by atoms with E-state index in [9.17, 15) is 0 Å². The maximum Gasteiger partial charge on any atom is 0.118 e. The quantitative estimate of drug-likeness (QED) is 0.627. The van der Waals surface area contributed by atoms with Gasteiger partial charge in [-0.15, -0.1) is 0 Å². The van der Waals surface area contributed by atoms with E-state index in [1.807, 2.05) is 66.7 Å². The molecule has 0 bridgehead atoms. The van der Waals surface area contributed by atoms with Crippen LogP contribution < -0.4 is 20.9 Å². The average molecular weight is 362 g/mol. The van der Waals surface area contributed by atoms with E-state index in [2.05, 4.69) is 12.1 Å². The first-order valence-corrected chi connectivity index (χ1v) is 8.94. The molecular formula is C23H26N2O2. The summed E-state index contributed by atoms with van der Waals surface area (Å²) in [4.78, 5) is 0. The first-order chi connectivity index (χ1) is 13.0. The molecule has 0 aliphatic carbocycles. The second kappa shape index (κ2) is 8.25. The Bertz CT molecular complexity index is 844. The Kier molecular flexibility index (Phi) is 5.79. The maximum absolute atomic E-state index is 6.73. The Hall–Kier alpha value is -2.82. The summed E-state index contributed by atoms with van der Waals surface area (Å²) in [5.74, 6) is 1.47. The van der Waals surface area contributed by atoms with E-state index < -0.39 is 5.66 Å². The summed E-state index contributed by atoms with van der Waals surface area (Å²) in [5.41, 5.74) is 15.5. The summed E-state index contributed by atoms with van der Waals surface area (Å²) in [7, 11) is 3.30. The largest absolute Gasteiger partial charge is 0.497 e. The molecule has 27 heavy (non-hydrogen) atoms. The molecule has 0 spiro atoms. The highest BCUT2D eigenvalue weighted by molar-refractivity contribution is 5.38. The maximum atomic E-state index is 6.73. The molecule has 3 rings (SSSR count). The first-order valence-electron chi connectivity index (χ1n) is 8.94. The molecule has 3 aromatic rings. The van der Waals surface area contributed by atoms with E-state index >= 15 is 0 Å². The number of nitrogens with two attached hydrogens (primary N) is 2. The number of methoxy groups -OCH3 is 2. The molecule has 0 saturated carbocycles. The molecule has 4 N–H and O–H groups in total. The SMILES string of the molecule is COc1ccc(C(Cc2ccccc2)C(N)(N)c2ccc(OC)cc2)cc1. The standard InChI is InChI=1S/C23H26N2O2/c1-26-20-12-8-18(9-13-20)22(16-17-6-4-3-5-7-17)23(24,25)19-10-14-21(27-2)15-11-19/h3-15,22H,16,24-25H2,1-2H3. The third-order valence-corrected chi connectivity index (χ3v) is 4.97. The molecule has 3 aromatic carbocycles. The highest BCUT2D eigenvalue weighted by Crippen LogP contribution is 2.35. The summed E-state index contributed by atoms with van der Waals surface area (Å²) in [6, 6.07) is 25.8. The zero-order chi connectivity index (χ0) is 19.3. The molecule has 0 heterocycles. The number of hydrogen-bond acceptors (Lipinski definition) is 4. The Morgan fingerprint density at radius 1 is 0.741 bits per heavy atom. The summed E-state index contributed by atoms with van der Waals surface area (Å²) in [5, 5.41) is 0. The Labute approximate surface area is 160 Å². The first kappa shape index (κ1) is 19.0. The fourth-order valence-corrected chi connectivity index (χ4v) is 3.33. The van der Waals surface area contributed by atoms with Crippen molar-refractivity contribution in [3.05, 3.63) is 95.6 Å². The second-order valence-electron chi connectivity index (χ2n) is 6.68. The molecule has 0 saturated heterocycles. The Morgan fingerprint density at radius 2 is 1.26 bits per heavy atom. The summed E-state index contributed by atoms with van der Waals surface area (Å²) >= 11 is 0. The van der Waals surface area contributed by atoms with E-state index in [1.54, 1.807) is 14.2 Å². The highest BCUT2D eigenvalue weighted by Gasteiger charge is 2.34. The van der Waals surface area contributed by atoms with Gasteiger partial charge in [0.15, 0.2) is 0 Å². The average Bonchev–Trinajstić information content (AvgIpc) is 2.73. The van der Waals surface area contributed by atoms with Crippen molar-refractivity contribution in [1.82, 2.24) is 0 Å². The van der Waals surface area contributed by atoms with E-state index in [1.165, 1.54) is 5.56 Å². The molecule has 0 aromatic heterocycles. The molecule has 1 unspecified atom stereocenters. The van der Waals surface area contributed by atoms with E-state index in [0.717, 1.165) is 29.0 Å². The van der Waals surface area contributed by atoms with Gasteiger partial charge >= 0.3 is 0 Å². The van der Waals surface area contributed by atoms with Crippen LogP contribution in [0.15, 0.2) is 78.9 Å². The van der Waals surface area contributed by atoms with Crippen LogP contribution in [0.1, 0.15) is 22.6 Å². The molecular weight excluding hydrogens is 336 g/mol. The van der Waals surface area contributed by atoms with Crippen LogP contribution in [0.3, 0.4) is 0 Å². The lowest BCUT2D eigenvalue weighted by molar-refractivity contribution is 0.361. The Morgan fingerprint density at radius 3 is 1.78 bits per heavy atom. The van der Waals surface area contributed by atoms with Crippen molar-refractivity contribution in [2.45, 2.75) is 18.0 Å². The normalized spacial score (nSPS) is 12.4. The summed E-state index contributed by atoms with van der Waals surface area (Å²) in [6.45, 7) is 0. The lowest BCUT2D eigenvalue weighted by atomic mass is 9.78. The van der Waals surface area contributed by atoms with E-state index in [0.29, 0.717) is 0 Å². The van der Waals surface area contributed by atoms with Crippen molar-refractivity contribution in [1.29, 1.82) is 0 Å². The fourth-order valence-electron chi connectivity index (χ4n) is 3.33. The van der Waals surface area contributed by atoms with Crippen molar-refractivity contribution in [3.63, 3.8) is 0 Å². The van der Waals surface area contributed by atoms with Gasteiger partial charge in [0.1, 0.15) is 11.5 Å². The van der Waals surface area contributed by atoms with E-state index in [4.69, 9.17) is 20.9 Å². The van der Waals surface area contributed by atoms with Crippen molar-refractivity contribution >= 4 is 0 Å². The van der Waals surface area contributed by atoms with Crippen molar-refractivity contribution in [2.24, 2.45) is 11.5 Å². The van der Waals surface area contributed by atoms with Crippen LogP contribution in [0, 0.1) is 0 Å². The van der Waals surface area contributed by atoms with Gasteiger partial charge < -0.3 is 20.9 Å². The molecule has 0 aliphatic rings. The number of rotatable bonds is 7. The zero-order valence-electron chi connectivity index (χ0n) is 15.8. The van der Waals surface area contributed by atoms with Gasteiger partial charge in [-0.05, 0) is 47.4 Å². The minimum atomic E-state index is -1.04. The van der Waals surface area contributed by atoms with Gasteiger partial charge in [-0.3, -0.25) is 0 Å². The van der Waals surface area contributed by atoms with Crippen LogP contribution >= 0.6 is 0 Å². The van der Waals surface area contributed by atoms with Gasteiger partial charge in [0.05, 0.1) is 19.9 Å². The van der Waals surface area contributed by atoms with Crippen LogP contribution in [0.25, 0.3) is 0 Å². The minimum absolute atomic E-state index is 0.112. The number of benzene rings is 3. The van der Waals surface area contributed by atoms with Crippen molar-refractivity contribution in [2.75, 3.05) is 14.2 Å². The van der Waals surface area contributed by atoms with Crippen LogP contribution in [-0.2, 0) is 12.1 Å². The molecule has 4 heteroatoms. The monoisotopic (exact) mass is 362 g/mol. The van der Waals surface area contributed by atoms with Crippen molar-refractivity contribution in [3.8, 4) is 11.5 Å². The van der Waals surface area contributed by atoms with Gasteiger partial charge in [-0.25, -0.2) is 0 Å². The van der Waals surface area contributed by atoms with Gasteiger partial charge in [0, 0.05) is 5.92 Å². The highest BCUT2D eigenvalue weighted by atomic mass is 16.5. The molecule has 0 amide bonds. The Balaban J connectivity index is 2.00. The zero-order valence-corrected chi connectivity index (χ0v) is 15.8. The van der Waals surface area contributed by atoms with Crippen LogP contribution in [0.2, 0.25) is 0 Å². The van der Waals surface area contributed by atoms with Gasteiger partial charge in [-0.1, -0.05) is 54.6 Å². The minimum Gasteiger partial charge on any atom is -0.497 e. The van der Waals surface area contributed by atoms with Gasteiger partial charge in [0.25, 0.3) is 0 Å². The number of hydrogen-bond donors (Lipinski definition) is 2. The smallest absolute Gasteiger partial charge is 0.118 e. The molecule has 140 valence electrons. The van der Waals surface area contributed by atoms with Gasteiger partial charge in [0.2, 0.25) is 0 Å². The predicted molar refractivity (Wildman–Crippen MR) is 109 cm³/mol. The number of ether oxygens (including phenoxy) is 2. The van der Waals surface area contributed by atoms with Gasteiger partial charge in [-0.2, -0.15) is 0 Å². The van der Waals surface area contributed by atoms with E-state index in [-0.39, 0.29) is 5.92 Å². The van der Waals surface area contributed by atoms with Crippen LogP contribution in [0.4, 0.5) is 0 Å². The predicted octanol–water partition coefficient (Wildman–Crippen LogP) is 3.80. The third kappa shape index (κ3) is 4.30. The molecule has 0 aliphatic heterocycles. The summed E-state index contributed by atoms with van der Waals surface area (Å²) in [6.07, 6.45) is 0.728. The lowest BCUT2D eigenvalue weighted by Crippen LogP contribution is -2.51. The van der Waals surface area contributed by atoms with Crippen LogP contribution in [-0.4, -0.2) is 14.2 Å². The summed E-state index contributed by atoms with van der Waals surface area (Å²) < 4.78 is 10.5. The van der Waals surface area contributed by atoms with Crippen LogP contribution in [0.5, 0.6) is 11.5 Å². The second-order valence-corrected chi connectivity index (χ2v) is 6.68. The molecule has 1 atom stereocenters. The topological polar surface area (TPSA) is 70.5 Å². The fraction of sp³-hybridized carbons (Fsp3) is 0.217. The lowest BCUT2D eigenvalue weighted by Gasteiger charge is -2.35. The third-order valence-electron chi connectivity index (χ3n) is 4.97. The molecule has 0 radical (unpaired) electrons.